The van der Waals surface area contributed by atoms with Gasteiger partial charge < -0.3 is 0 Å². The van der Waals surface area contributed by atoms with E-state index in [4.69, 9.17) is 0 Å². The molecule has 82 valence electrons. The fourth-order valence-corrected chi connectivity index (χ4v) is 2.08. The van der Waals surface area contributed by atoms with Crippen LogP contribution < -0.4 is 5.43 Å². The third-order valence-electron chi connectivity index (χ3n) is 2.25. The van der Waals surface area contributed by atoms with Gasteiger partial charge in [0.2, 0.25) is 0 Å². The SMILES string of the molecule is C/C(=N/Nc1cccc(C)c1)c1cccs1. The van der Waals surface area contributed by atoms with Crippen molar-refractivity contribution in [1.82, 2.24) is 0 Å². The van der Waals surface area contributed by atoms with E-state index >= 15 is 0 Å². The Bertz CT molecular complexity index is 486. The Balaban J connectivity index is 2.09. The maximum atomic E-state index is 4.36. The van der Waals surface area contributed by atoms with E-state index in [0.717, 1.165) is 11.4 Å². The molecule has 1 aromatic heterocycles. The number of aryl methyl sites for hydroxylation is 1. The first-order chi connectivity index (χ1) is 7.75. The molecule has 0 saturated carbocycles. The van der Waals surface area contributed by atoms with Crippen LogP contribution in [0.2, 0.25) is 0 Å². The first-order valence-electron chi connectivity index (χ1n) is 5.16. The highest BCUT2D eigenvalue weighted by Gasteiger charge is 1.97. The van der Waals surface area contributed by atoms with Crippen molar-refractivity contribution in [3.63, 3.8) is 0 Å². The second-order valence-corrected chi connectivity index (χ2v) is 4.60. The van der Waals surface area contributed by atoms with E-state index in [1.54, 1.807) is 11.3 Å². The molecule has 0 aliphatic rings. The molecule has 0 amide bonds. The molecule has 1 heterocycles. The molecule has 3 heteroatoms. The van der Waals surface area contributed by atoms with Crippen LogP contribution in [0.25, 0.3) is 0 Å². The van der Waals surface area contributed by atoms with Crippen molar-refractivity contribution >= 4 is 22.7 Å². The van der Waals surface area contributed by atoms with E-state index in [-0.39, 0.29) is 0 Å². The van der Waals surface area contributed by atoms with Gasteiger partial charge in [0.15, 0.2) is 0 Å². The normalized spacial score (nSPS) is 11.5. The van der Waals surface area contributed by atoms with Gasteiger partial charge in [-0.3, -0.25) is 5.43 Å². The van der Waals surface area contributed by atoms with Gasteiger partial charge in [0, 0.05) is 4.88 Å². The average Bonchev–Trinajstić information content (AvgIpc) is 2.79. The average molecular weight is 230 g/mol. The molecule has 0 fully saturated rings. The number of nitrogens with zero attached hydrogens (tertiary/aromatic N) is 1. The van der Waals surface area contributed by atoms with Crippen LogP contribution in [0.3, 0.4) is 0 Å². The molecule has 0 spiro atoms. The minimum absolute atomic E-state index is 1.01. The van der Waals surface area contributed by atoms with E-state index in [1.165, 1.54) is 10.4 Å². The molecule has 16 heavy (non-hydrogen) atoms. The quantitative estimate of drug-likeness (QED) is 0.627. The van der Waals surface area contributed by atoms with Crippen LogP contribution in [0, 0.1) is 6.92 Å². The zero-order valence-corrected chi connectivity index (χ0v) is 10.2. The van der Waals surface area contributed by atoms with E-state index in [1.807, 2.05) is 25.1 Å². The number of benzene rings is 1. The smallest absolute Gasteiger partial charge is 0.0747 e. The first-order valence-corrected chi connectivity index (χ1v) is 6.04. The van der Waals surface area contributed by atoms with Crippen LogP contribution in [0.5, 0.6) is 0 Å². The van der Waals surface area contributed by atoms with Crippen molar-refractivity contribution in [3.05, 3.63) is 52.2 Å². The van der Waals surface area contributed by atoms with Crippen LogP contribution in [-0.4, -0.2) is 5.71 Å². The summed E-state index contributed by atoms with van der Waals surface area (Å²) in [6.45, 7) is 4.08. The largest absolute Gasteiger partial charge is 0.278 e. The third kappa shape index (κ3) is 2.70. The van der Waals surface area contributed by atoms with Crippen molar-refractivity contribution in [2.45, 2.75) is 13.8 Å². The lowest BCUT2D eigenvalue weighted by Crippen LogP contribution is -1.97. The molecular formula is C13H14N2S. The van der Waals surface area contributed by atoms with Crippen molar-refractivity contribution in [3.8, 4) is 0 Å². The van der Waals surface area contributed by atoms with Gasteiger partial charge in [-0.05, 0) is 43.0 Å². The fourth-order valence-electron chi connectivity index (χ4n) is 1.40. The Morgan fingerprint density at radius 2 is 2.12 bits per heavy atom. The van der Waals surface area contributed by atoms with Gasteiger partial charge in [0.25, 0.3) is 0 Å². The Labute approximate surface area is 99.6 Å². The molecule has 0 aliphatic heterocycles. The molecule has 2 nitrogen and oxygen atoms in total. The lowest BCUT2D eigenvalue weighted by Gasteiger charge is -2.02. The van der Waals surface area contributed by atoms with Crippen LogP contribution in [0.4, 0.5) is 5.69 Å². The second-order valence-electron chi connectivity index (χ2n) is 3.66. The molecule has 0 aliphatic carbocycles. The maximum absolute atomic E-state index is 4.36. The molecule has 0 radical (unpaired) electrons. The Morgan fingerprint density at radius 3 is 2.81 bits per heavy atom. The zero-order valence-electron chi connectivity index (χ0n) is 9.40. The van der Waals surface area contributed by atoms with Gasteiger partial charge in [-0.2, -0.15) is 5.10 Å². The molecule has 1 N–H and O–H groups in total. The van der Waals surface area contributed by atoms with Gasteiger partial charge in [-0.15, -0.1) is 11.3 Å². The predicted molar refractivity (Wildman–Crippen MR) is 71.3 cm³/mol. The number of hydrazone groups is 1. The molecule has 0 saturated heterocycles. The Morgan fingerprint density at radius 1 is 1.25 bits per heavy atom. The first kappa shape index (κ1) is 10.9. The number of hydrogen-bond donors (Lipinski definition) is 1. The van der Waals surface area contributed by atoms with E-state index < -0.39 is 0 Å². The van der Waals surface area contributed by atoms with Crippen LogP contribution in [0.1, 0.15) is 17.4 Å². The number of anilines is 1. The summed E-state index contributed by atoms with van der Waals surface area (Å²) in [5.74, 6) is 0. The fraction of sp³-hybridized carbons (Fsp3) is 0.154. The van der Waals surface area contributed by atoms with E-state index in [0.29, 0.717) is 0 Å². The highest BCUT2D eigenvalue weighted by Crippen LogP contribution is 2.12. The van der Waals surface area contributed by atoms with Crippen molar-refractivity contribution in [1.29, 1.82) is 0 Å². The summed E-state index contributed by atoms with van der Waals surface area (Å²) < 4.78 is 0. The Kier molecular flexibility index (Phi) is 3.37. The topological polar surface area (TPSA) is 24.4 Å². The highest BCUT2D eigenvalue weighted by molar-refractivity contribution is 7.12. The van der Waals surface area contributed by atoms with Crippen LogP contribution >= 0.6 is 11.3 Å². The summed E-state index contributed by atoms with van der Waals surface area (Å²) in [6.07, 6.45) is 0. The minimum Gasteiger partial charge on any atom is -0.278 e. The van der Waals surface area contributed by atoms with Gasteiger partial charge in [-0.25, -0.2) is 0 Å². The zero-order chi connectivity index (χ0) is 11.4. The maximum Gasteiger partial charge on any atom is 0.0747 e. The second kappa shape index (κ2) is 4.94. The summed E-state index contributed by atoms with van der Waals surface area (Å²) in [5.41, 5.74) is 6.33. The molecule has 0 unspecified atom stereocenters. The molecule has 2 aromatic rings. The molecule has 2 rings (SSSR count). The summed E-state index contributed by atoms with van der Waals surface area (Å²) >= 11 is 1.70. The summed E-state index contributed by atoms with van der Waals surface area (Å²) in [5, 5.41) is 6.41. The van der Waals surface area contributed by atoms with Crippen LogP contribution in [0.15, 0.2) is 46.9 Å². The monoisotopic (exact) mass is 230 g/mol. The molecular weight excluding hydrogens is 216 g/mol. The molecule has 0 atom stereocenters. The number of thiophene rings is 1. The summed E-state index contributed by atoms with van der Waals surface area (Å²) in [6, 6.07) is 12.3. The van der Waals surface area contributed by atoms with Crippen molar-refractivity contribution in [2.24, 2.45) is 5.10 Å². The number of nitrogens with one attached hydrogen (secondary N) is 1. The summed E-state index contributed by atoms with van der Waals surface area (Å²) in [7, 11) is 0. The van der Waals surface area contributed by atoms with Crippen molar-refractivity contribution in [2.75, 3.05) is 5.43 Å². The minimum atomic E-state index is 1.01. The lowest BCUT2D eigenvalue weighted by molar-refractivity contribution is 1.31. The van der Waals surface area contributed by atoms with Gasteiger partial charge in [0.05, 0.1) is 11.4 Å². The van der Waals surface area contributed by atoms with E-state index in [9.17, 15) is 0 Å². The number of rotatable bonds is 3. The van der Waals surface area contributed by atoms with Crippen molar-refractivity contribution < 1.29 is 0 Å². The van der Waals surface area contributed by atoms with Gasteiger partial charge in [-0.1, -0.05) is 18.2 Å². The van der Waals surface area contributed by atoms with E-state index in [2.05, 4.69) is 41.0 Å². The summed E-state index contributed by atoms with van der Waals surface area (Å²) in [4.78, 5) is 1.19. The Hall–Kier alpha value is -1.61. The third-order valence-corrected chi connectivity index (χ3v) is 3.23. The van der Waals surface area contributed by atoms with Crippen LogP contribution in [-0.2, 0) is 0 Å². The highest BCUT2D eigenvalue weighted by atomic mass is 32.1. The molecule has 0 bridgehead atoms. The predicted octanol–water partition coefficient (Wildman–Crippen LogP) is 3.89. The molecule has 1 aromatic carbocycles. The number of hydrogen-bond acceptors (Lipinski definition) is 3. The van der Waals surface area contributed by atoms with Gasteiger partial charge >= 0.3 is 0 Å². The van der Waals surface area contributed by atoms with Gasteiger partial charge in [0.1, 0.15) is 0 Å². The standard InChI is InChI=1S/C13H14N2S/c1-10-5-3-6-12(9-10)15-14-11(2)13-7-4-8-16-13/h3-9,15H,1-2H3/b14-11-. The lowest BCUT2D eigenvalue weighted by atomic mass is 10.2.